The van der Waals surface area contributed by atoms with Crippen LogP contribution in [0.3, 0.4) is 0 Å². The summed E-state index contributed by atoms with van der Waals surface area (Å²) >= 11 is 0. The summed E-state index contributed by atoms with van der Waals surface area (Å²) in [6, 6.07) is 11.4. The van der Waals surface area contributed by atoms with E-state index in [-0.39, 0.29) is 6.03 Å². The van der Waals surface area contributed by atoms with Crippen molar-refractivity contribution < 1.29 is 9.53 Å². The highest BCUT2D eigenvalue weighted by Gasteiger charge is 2.02. The van der Waals surface area contributed by atoms with E-state index in [0.29, 0.717) is 13.1 Å². The van der Waals surface area contributed by atoms with Crippen molar-refractivity contribution >= 4 is 6.03 Å². The van der Waals surface area contributed by atoms with Crippen molar-refractivity contribution in [1.29, 1.82) is 0 Å². The molecular formula is C19H21N5O2. The van der Waals surface area contributed by atoms with Crippen molar-refractivity contribution in [2.75, 3.05) is 13.7 Å². The van der Waals surface area contributed by atoms with E-state index in [4.69, 9.17) is 4.74 Å². The Balaban J connectivity index is 1.39. The minimum atomic E-state index is -0.197. The highest BCUT2D eigenvalue weighted by atomic mass is 16.5. The number of nitrogens with zero attached hydrogens (tertiary/aromatic N) is 3. The van der Waals surface area contributed by atoms with Crippen molar-refractivity contribution in [1.82, 2.24) is 25.2 Å². The molecule has 2 aromatic heterocycles. The zero-order valence-corrected chi connectivity index (χ0v) is 14.6. The van der Waals surface area contributed by atoms with Crippen LogP contribution < -0.4 is 15.4 Å². The number of rotatable bonds is 7. The van der Waals surface area contributed by atoms with Gasteiger partial charge in [0.15, 0.2) is 0 Å². The number of methoxy groups -OCH3 is 1. The van der Waals surface area contributed by atoms with Crippen LogP contribution in [-0.2, 0) is 13.0 Å². The summed E-state index contributed by atoms with van der Waals surface area (Å²) in [5.74, 6) is 1.61. The van der Waals surface area contributed by atoms with Crippen LogP contribution in [0.1, 0.15) is 11.1 Å². The molecule has 1 aromatic carbocycles. The Kier molecular flexibility index (Phi) is 5.82. The Bertz CT molecular complexity index is 814. The molecule has 0 saturated carbocycles. The van der Waals surface area contributed by atoms with Crippen LogP contribution in [0.15, 0.2) is 61.3 Å². The fourth-order valence-electron chi connectivity index (χ4n) is 2.43. The third-order valence-corrected chi connectivity index (χ3v) is 3.89. The van der Waals surface area contributed by atoms with Crippen LogP contribution in [0.25, 0.3) is 5.82 Å². The van der Waals surface area contributed by atoms with Crippen molar-refractivity contribution in [2.24, 2.45) is 0 Å². The molecular weight excluding hydrogens is 330 g/mol. The van der Waals surface area contributed by atoms with Crippen molar-refractivity contribution in [3.05, 3.63) is 72.4 Å². The third kappa shape index (κ3) is 4.83. The molecule has 0 aliphatic carbocycles. The molecule has 2 amide bonds. The maximum atomic E-state index is 11.9. The first-order chi connectivity index (χ1) is 12.7. The quantitative estimate of drug-likeness (QED) is 0.684. The summed E-state index contributed by atoms with van der Waals surface area (Å²) in [5, 5.41) is 5.68. The largest absolute Gasteiger partial charge is 0.497 e. The number of aromatic nitrogens is 3. The molecule has 0 aliphatic rings. The highest BCUT2D eigenvalue weighted by Crippen LogP contribution is 2.11. The number of amides is 2. The molecule has 0 atom stereocenters. The van der Waals surface area contributed by atoms with E-state index in [1.807, 2.05) is 47.2 Å². The van der Waals surface area contributed by atoms with Gasteiger partial charge in [0.25, 0.3) is 0 Å². The Labute approximate surface area is 152 Å². The first-order valence-electron chi connectivity index (χ1n) is 8.32. The number of hydrogen-bond donors (Lipinski definition) is 2. The van der Waals surface area contributed by atoms with Gasteiger partial charge in [0.1, 0.15) is 17.9 Å². The number of urea groups is 1. The van der Waals surface area contributed by atoms with Crippen molar-refractivity contribution in [2.45, 2.75) is 13.0 Å². The van der Waals surface area contributed by atoms with Crippen LogP contribution >= 0.6 is 0 Å². The van der Waals surface area contributed by atoms with E-state index < -0.39 is 0 Å². The zero-order valence-electron chi connectivity index (χ0n) is 14.6. The smallest absolute Gasteiger partial charge is 0.315 e. The van der Waals surface area contributed by atoms with E-state index >= 15 is 0 Å². The molecule has 3 aromatic rings. The maximum Gasteiger partial charge on any atom is 0.315 e. The van der Waals surface area contributed by atoms with Gasteiger partial charge in [0, 0.05) is 31.7 Å². The van der Waals surface area contributed by atoms with E-state index in [9.17, 15) is 4.79 Å². The molecule has 7 heteroatoms. The van der Waals surface area contributed by atoms with E-state index in [0.717, 1.165) is 29.1 Å². The molecule has 0 bridgehead atoms. The van der Waals surface area contributed by atoms with Crippen LogP contribution in [0.4, 0.5) is 4.79 Å². The van der Waals surface area contributed by atoms with E-state index in [1.54, 1.807) is 25.8 Å². The number of carbonyl (C=O) groups excluding carboxylic acids is 1. The first kappa shape index (κ1) is 17.5. The third-order valence-electron chi connectivity index (χ3n) is 3.89. The van der Waals surface area contributed by atoms with Gasteiger partial charge in [-0.3, -0.25) is 4.57 Å². The molecule has 26 heavy (non-hydrogen) atoms. The molecule has 0 unspecified atom stereocenters. The fourth-order valence-corrected chi connectivity index (χ4v) is 2.43. The second kappa shape index (κ2) is 8.66. The minimum absolute atomic E-state index is 0.197. The Hall–Kier alpha value is -3.35. The average molecular weight is 351 g/mol. The normalized spacial score (nSPS) is 10.3. The molecule has 0 fully saturated rings. The Morgan fingerprint density at radius 1 is 1.12 bits per heavy atom. The topological polar surface area (TPSA) is 81.1 Å². The lowest BCUT2D eigenvalue weighted by molar-refractivity contribution is 0.240. The molecule has 2 N–H and O–H groups in total. The lowest BCUT2D eigenvalue weighted by Gasteiger charge is -2.09. The molecule has 0 aliphatic heterocycles. The van der Waals surface area contributed by atoms with Gasteiger partial charge in [-0.2, -0.15) is 0 Å². The highest BCUT2D eigenvalue weighted by molar-refractivity contribution is 5.73. The maximum absolute atomic E-state index is 11.9. The van der Waals surface area contributed by atoms with Gasteiger partial charge in [0.2, 0.25) is 0 Å². The molecule has 134 valence electrons. The standard InChI is InChI=1S/C19H21N5O2/c1-26-17-5-2-15(3-6-17)8-9-21-19(25)23-13-16-4-7-18(22-12-16)24-11-10-20-14-24/h2-7,10-12,14H,8-9,13H2,1H3,(H2,21,23,25). The summed E-state index contributed by atoms with van der Waals surface area (Å²) in [4.78, 5) is 20.2. The average Bonchev–Trinajstić information content (AvgIpc) is 3.22. The van der Waals surface area contributed by atoms with Gasteiger partial charge in [-0.1, -0.05) is 18.2 Å². The minimum Gasteiger partial charge on any atom is -0.497 e. The molecule has 3 rings (SSSR count). The van der Waals surface area contributed by atoms with Crippen LogP contribution in [0.5, 0.6) is 5.75 Å². The number of pyridine rings is 1. The van der Waals surface area contributed by atoms with E-state index in [1.165, 1.54) is 0 Å². The molecule has 0 radical (unpaired) electrons. The number of carbonyl (C=O) groups is 1. The Morgan fingerprint density at radius 3 is 2.58 bits per heavy atom. The lowest BCUT2D eigenvalue weighted by Crippen LogP contribution is -2.36. The number of imidazole rings is 1. The van der Waals surface area contributed by atoms with Crippen LogP contribution in [0.2, 0.25) is 0 Å². The van der Waals surface area contributed by atoms with E-state index in [2.05, 4.69) is 20.6 Å². The lowest BCUT2D eigenvalue weighted by atomic mass is 10.1. The monoisotopic (exact) mass is 351 g/mol. The number of ether oxygens (including phenoxy) is 1. The van der Waals surface area contributed by atoms with Gasteiger partial charge < -0.3 is 15.4 Å². The molecule has 2 heterocycles. The first-order valence-corrected chi connectivity index (χ1v) is 8.32. The number of hydrogen-bond acceptors (Lipinski definition) is 4. The second-order valence-electron chi connectivity index (χ2n) is 5.70. The zero-order chi connectivity index (χ0) is 18.2. The summed E-state index contributed by atoms with van der Waals surface area (Å²) in [7, 11) is 1.64. The van der Waals surface area contributed by atoms with Crippen molar-refractivity contribution in [3.63, 3.8) is 0 Å². The predicted molar refractivity (Wildman–Crippen MR) is 98.3 cm³/mol. The summed E-state index contributed by atoms with van der Waals surface area (Å²) in [6.07, 6.45) is 7.73. The van der Waals surface area contributed by atoms with Gasteiger partial charge in [-0.15, -0.1) is 0 Å². The van der Waals surface area contributed by atoms with Gasteiger partial charge in [0.05, 0.1) is 7.11 Å². The van der Waals surface area contributed by atoms with Gasteiger partial charge in [-0.25, -0.2) is 14.8 Å². The SMILES string of the molecule is COc1ccc(CCNC(=O)NCc2ccc(-n3ccnc3)nc2)cc1. The van der Waals surface area contributed by atoms with Gasteiger partial charge >= 0.3 is 6.03 Å². The predicted octanol–water partition coefficient (Wildman–Crippen LogP) is 2.32. The second-order valence-corrected chi connectivity index (χ2v) is 5.70. The van der Waals surface area contributed by atoms with Crippen molar-refractivity contribution in [3.8, 4) is 11.6 Å². The molecule has 0 spiro atoms. The molecule has 0 saturated heterocycles. The van der Waals surface area contributed by atoms with Crippen LogP contribution in [0, 0.1) is 0 Å². The fraction of sp³-hybridized carbons (Fsp3) is 0.211. The molecule has 7 nitrogen and oxygen atoms in total. The number of nitrogens with one attached hydrogen (secondary N) is 2. The van der Waals surface area contributed by atoms with Gasteiger partial charge in [-0.05, 0) is 35.7 Å². The van der Waals surface area contributed by atoms with Crippen LogP contribution in [-0.4, -0.2) is 34.2 Å². The number of benzene rings is 1. The summed E-state index contributed by atoms with van der Waals surface area (Å²) in [6.45, 7) is 0.988. The summed E-state index contributed by atoms with van der Waals surface area (Å²) in [5.41, 5.74) is 2.07. The summed E-state index contributed by atoms with van der Waals surface area (Å²) < 4.78 is 6.95. The Morgan fingerprint density at radius 2 is 1.92 bits per heavy atom.